The maximum atomic E-state index is 12.8. The summed E-state index contributed by atoms with van der Waals surface area (Å²) in [4.78, 5) is 0. The average Bonchev–Trinajstić information content (AvgIpc) is 1.75. The van der Waals surface area contributed by atoms with E-state index in [0.29, 0.717) is 0 Å². The maximum Gasteiger partial charge on any atom is 0.453 e. The monoisotopic (exact) mass is 237 g/mol. The highest BCUT2D eigenvalue weighted by Crippen LogP contribution is 2.74. The van der Waals surface area contributed by atoms with E-state index in [0.717, 1.165) is 0 Å². The van der Waals surface area contributed by atoms with Crippen LogP contribution >= 0.6 is 12.4 Å². The van der Waals surface area contributed by atoms with Crippen LogP contribution in [0.5, 0.6) is 0 Å². The van der Waals surface area contributed by atoms with Crippen LogP contribution < -0.4 is 5.73 Å². The molecule has 2 bridgehead atoms. The molecule has 7 heteroatoms. The smallest absolute Gasteiger partial charge is 0.325 e. The summed E-state index contributed by atoms with van der Waals surface area (Å²) in [7, 11) is 0. The van der Waals surface area contributed by atoms with E-state index in [9.17, 15) is 22.0 Å². The van der Waals surface area contributed by atoms with E-state index in [-0.39, 0.29) is 31.7 Å². The van der Waals surface area contributed by atoms with Crippen molar-refractivity contribution < 1.29 is 22.0 Å². The molecule has 0 aromatic heterocycles. The molecule has 0 atom stereocenters. The summed E-state index contributed by atoms with van der Waals surface area (Å²) in [5, 5.41) is 0. The van der Waals surface area contributed by atoms with Gasteiger partial charge in [0.2, 0.25) is 0 Å². The van der Waals surface area contributed by atoms with Gasteiger partial charge in [0.15, 0.2) is 0 Å². The first-order chi connectivity index (χ1) is 5.62. The molecule has 0 unspecified atom stereocenters. The lowest BCUT2D eigenvalue weighted by Gasteiger charge is -2.70. The summed E-state index contributed by atoms with van der Waals surface area (Å²) in [6.07, 6.45) is -6.04. The van der Waals surface area contributed by atoms with Gasteiger partial charge in [0.25, 0.3) is 0 Å². The molecule has 3 aliphatic rings. The van der Waals surface area contributed by atoms with Crippen LogP contribution in [0.15, 0.2) is 0 Å². The molecule has 3 rings (SSSR count). The van der Waals surface area contributed by atoms with Gasteiger partial charge in [-0.3, -0.25) is 0 Å². The molecule has 14 heavy (non-hydrogen) atoms. The number of hydrogen-bond acceptors (Lipinski definition) is 1. The summed E-state index contributed by atoms with van der Waals surface area (Å²) in [6, 6.07) is 0. The van der Waals surface area contributed by atoms with Crippen molar-refractivity contribution in [1.82, 2.24) is 0 Å². The normalized spacial score (nSPS) is 40.7. The SMILES string of the molecule is Cl.NC12CC(C(F)(F)C(F)(F)F)(C1)C2. The molecule has 3 saturated carbocycles. The summed E-state index contributed by atoms with van der Waals surface area (Å²) < 4.78 is 61.3. The topological polar surface area (TPSA) is 26.0 Å². The Morgan fingerprint density at radius 3 is 1.50 bits per heavy atom. The minimum absolute atomic E-state index is 0. The number of halogens is 6. The van der Waals surface area contributed by atoms with Crippen molar-refractivity contribution in [2.24, 2.45) is 11.1 Å². The molecular formula is C7H9ClF5N. The molecule has 3 aliphatic carbocycles. The second-order valence-corrected chi connectivity index (χ2v) is 4.25. The van der Waals surface area contributed by atoms with Gasteiger partial charge in [0.05, 0.1) is 0 Å². The van der Waals surface area contributed by atoms with E-state index >= 15 is 0 Å². The minimum Gasteiger partial charge on any atom is -0.325 e. The third-order valence-corrected chi connectivity index (χ3v) is 3.09. The predicted octanol–water partition coefficient (Wildman–Crippen LogP) is 2.49. The van der Waals surface area contributed by atoms with Crippen molar-refractivity contribution >= 4 is 12.4 Å². The fourth-order valence-corrected chi connectivity index (χ4v) is 2.50. The first kappa shape index (κ1) is 12.0. The van der Waals surface area contributed by atoms with Crippen molar-refractivity contribution in [3.63, 3.8) is 0 Å². The largest absolute Gasteiger partial charge is 0.453 e. The van der Waals surface area contributed by atoms with Gasteiger partial charge in [-0.2, -0.15) is 22.0 Å². The van der Waals surface area contributed by atoms with Crippen LogP contribution in [0.25, 0.3) is 0 Å². The minimum atomic E-state index is -5.44. The fraction of sp³-hybridized carbons (Fsp3) is 1.00. The Balaban J connectivity index is 0.000000980. The van der Waals surface area contributed by atoms with E-state index in [4.69, 9.17) is 5.73 Å². The number of hydrogen-bond donors (Lipinski definition) is 1. The molecule has 0 amide bonds. The molecule has 0 aromatic rings. The van der Waals surface area contributed by atoms with Crippen LogP contribution in [-0.4, -0.2) is 17.6 Å². The second kappa shape index (κ2) is 2.52. The molecule has 0 saturated heterocycles. The highest BCUT2D eigenvalue weighted by molar-refractivity contribution is 5.85. The lowest BCUT2D eigenvalue weighted by atomic mass is 9.37. The van der Waals surface area contributed by atoms with E-state index in [1.165, 1.54) is 0 Å². The first-order valence-corrected chi connectivity index (χ1v) is 3.85. The van der Waals surface area contributed by atoms with Crippen molar-refractivity contribution in [2.45, 2.75) is 36.9 Å². The van der Waals surface area contributed by atoms with Crippen LogP contribution in [0, 0.1) is 5.41 Å². The van der Waals surface area contributed by atoms with Crippen molar-refractivity contribution in [3.8, 4) is 0 Å². The van der Waals surface area contributed by atoms with Crippen molar-refractivity contribution in [3.05, 3.63) is 0 Å². The quantitative estimate of drug-likeness (QED) is 0.697. The predicted molar refractivity (Wildman–Crippen MR) is 41.5 cm³/mol. The number of rotatable bonds is 1. The lowest BCUT2D eigenvalue weighted by molar-refractivity contribution is -0.384. The zero-order chi connectivity index (χ0) is 10.1. The van der Waals surface area contributed by atoms with Crippen LogP contribution in [0.4, 0.5) is 22.0 Å². The zero-order valence-electron chi connectivity index (χ0n) is 7.00. The molecule has 0 aromatic carbocycles. The molecule has 0 aliphatic heterocycles. The van der Waals surface area contributed by atoms with Gasteiger partial charge in [-0.15, -0.1) is 12.4 Å². The van der Waals surface area contributed by atoms with Crippen molar-refractivity contribution in [2.75, 3.05) is 0 Å². The summed E-state index contributed by atoms with van der Waals surface area (Å²) in [6.45, 7) is 0. The first-order valence-electron chi connectivity index (χ1n) is 3.85. The molecule has 84 valence electrons. The van der Waals surface area contributed by atoms with Gasteiger partial charge in [-0.25, -0.2) is 0 Å². The highest BCUT2D eigenvalue weighted by atomic mass is 35.5. The Bertz CT molecular complexity index is 242. The second-order valence-electron chi connectivity index (χ2n) is 4.25. The standard InChI is InChI=1S/C7H8F5N.ClH/c8-6(9,7(10,11)12)4-1-5(13,2-4)3-4;/h1-3,13H2;1H. The van der Waals surface area contributed by atoms with E-state index in [1.807, 2.05) is 0 Å². The fourth-order valence-electron chi connectivity index (χ4n) is 2.50. The van der Waals surface area contributed by atoms with E-state index < -0.39 is 23.1 Å². The Morgan fingerprint density at radius 2 is 1.29 bits per heavy atom. The molecule has 3 fully saturated rings. The summed E-state index contributed by atoms with van der Waals surface area (Å²) in [5.41, 5.74) is 2.81. The Hall–Kier alpha value is -0.100. The zero-order valence-corrected chi connectivity index (χ0v) is 7.81. The number of alkyl halides is 5. The molecule has 1 nitrogen and oxygen atoms in total. The third kappa shape index (κ3) is 1.10. The molecule has 0 spiro atoms. The summed E-state index contributed by atoms with van der Waals surface area (Å²) in [5.74, 6) is -4.57. The van der Waals surface area contributed by atoms with Crippen LogP contribution in [0.1, 0.15) is 19.3 Å². The van der Waals surface area contributed by atoms with Gasteiger partial charge in [-0.1, -0.05) is 0 Å². The van der Waals surface area contributed by atoms with Gasteiger partial charge in [-0.05, 0) is 19.3 Å². The summed E-state index contributed by atoms with van der Waals surface area (Å²) >= 11 is 0. The third-order valence-electron chi connectivity index (χ3n) is 3.09. The Morgan fingerprint density at radius 1 is 0.929 bits per heavy atom. The highest BCUT2D eigenvalue weighted by Gasteiger charge is 2.82. The maximum absolute atomic E-state index is 12.8. The van der Waals surface area contributed by atoms with Gasteiger partial charge >= 0.3 is 12.1 Å². The van der Waals surface area contributed by atoms with Crippen molar-refractivity contribution in [1.29, 1.82) is 0 Å². The Labute approximate surface area is 83.2 Å². The Kier molecular flexibility index (Phi) is 2.16. The van der Waals surface area contributed by atoms with E-state index in [1.54, 1.807) is 0 Å². The molecule has 0 radical (unpaired) electrons. The lowest BCUT2D eigenvalue weighted by Crippen LogP contribution is -2.79. The van der Waals surface area contributed by atoms with Gasteiger partial charge in [0.1, 0.15) is 0 Å². The molecule has 0 heterocycles. The molecule has 2 N–H and O–H groups in total. The van der Waals surface area contributed by atoms with Crippen LogP contribution in [0.2, 0.25) is 0 Å². The van der Waals surface area contributed by atoms with Gasteiger partial charge < -0.3 is 5.73 Å². The average molecular weight is 238 g/mol. The number of nitrogens with two attached hydrogens (primary N) is 1. The van der Waals surface area contributed by atoms with E-state index in [2.05, 4.69) is 0 Å². The van der Waals surface area contributed by atoms with Crippen LogP contribution in [-0.2, 0) is 0 Å². The van der Waals surface area contributed by atoms with Gasteiger partial charge in [0, 0.05) is 11.0 Å². The van der Waals surface area contributed by atoms with Crippen LogP contribution in [0.3, 0.4) is 0 Å². The molecular weight excluding hydrogens is 229 g/mol.